The van der Waals surface area contributed by atoms with Crippen LogP contribution in [0.25, 0.3) is 0 Å². The van der Waals surface area contributed by atoms with Crippen LogP contribution in [0.3, 0.4) is 0 Å². The highest BCUT2D eigenvalue weighted by molar-refractivity contribution is 5.20. The molecule has 4 heteroatoms. The van der Waals surface area contributed by atoms with E-state index < -0.39 is 0 Å². The topological polar surface area (TPSA) is 50.9 Å². The molecular formula is C11H19N3O. The maximum absolute atomic E-state index is 9.22. The van der Waals surface area contributed by atoms with Crippen LogP contribution in [-0.4, -0.2) is 20.1 Å². The van der Waals surface area contributed by atoms with Gasteiger partial charge in [-0.2, -0.15) is 0 Å². The van der Waals surface area contributed by atoms with Crippen molar-refractivity contribution in [3.63, 3.8) is 0 Å². The summed E-state index contributed by atoms with van der Waals surface area (Å²) < 4.78 is 2.04. The van der Waals surface area contributed by atoms with Crippen molar-refractivity contribution in [2.24, 2.45) is 0 Å². The first kappa shape index (κ1) is 10.6. The first-order valence-corrected chi connectivity index (χ1v) is 5.86. The number of rotatable bonds is 5. The zero-order valence-corrected chi connectivity index (χ0v) is 9.48. The van der Waals surface area contributed by atoms with Gasteiger partial charge < -0.3 is 5.11 Å². The second-order valence-electron chi connectivity index (χ2n) is 4.27. The van der Waals surface area contributed by atoms with Gasteiger partial charge in [-0.3, -0.25) is 0 Å². The van der Waals surface area contributed by atoms with Gasteiger partial charge in [0.25, 0.3) is 0 Å². The monoisotopic (exact) mass is 209 g/mol. The van der Waals surface area contributed by atoms with E-state index >= 15 is 0 Å². The molecule has 1 aromatic rings. The van der Waals surface area contributed by atoms with Crippen molar-refractivity contribution < 1.29 is 5.11 Å². The standard InChI is InChI=1S/C11H19N3O/c1-3-9(4-2)14-11(8-5-6-8)10(7-15)12-13-14/h8-9,15H,3-7H2,1-2H3. The molecule has 0 amide bonds. The van der Waals surface area contributed by atoms with Gasteiger partial charge in [-0.05, 0) is 25.7 Å². The number of aliphatic hydroxyl groups is 1. The molecule has 4 nitrogen and oxygen atoms in total. The fraction of sp³-hybridized carbons (Fsp3) is 0.818. The molecule has 0 atom stereocenters. The molecule has 1 aliphatic carbocycles. The van der Waals surface area contributed by atoms with E-state index in [1.807, 2.05) is 4.68 Å². The van der Waals surface area contributed by atoms with Gasteiger partial charge in [-0.25, -0.2) is 4.68 Å². The number of nitrogens with zero attached hydrogens (tertiary/aromatic N) is 3. The molecule has 2 rings (SSSR count). The molecule has 0 aromatic carbocycles. The largest absolute Gasteiger partial charge is 0.390 e. The molecule has 0 spiro atoms. The van der Waals surface area contributed by atoms with Gasteiger partial charge in [0.15, 0.2) is 0 Å². The average Bonchev–Trinajstić information content (AvgIpc) is 3.01. The zero-order chi connectivity index (χ0) is 10.8. The van der Waals surface area contributed by atoms with Crippen LogP contribution in [0.1, 0.15) is 62.9 Å². The van der Waals surface area contributed by atoms with Crippen molar-refractivity contribution in [1.82, 2.24) is 15.0 Å². The average molecular weight is 209 g/mol. The van der Waals surface area contributed by atoms with Crippen molar-refractivity contribution in [2.45, 2.75) is 58.1 Å². The maximum atomic E-state index is 9.22. The normalized spacial score (nSPS) is 16.3. The van der Waals surface area contributed by atoms with Crippen LogP contribution in [0.15, 0.2) is 0 Å². The highest BCUT2D eigenvalue weighted by atomic mass is 16.3. The molecule has 1 saturated carbocycles. The Hall–Kier alpha value is -0.900. The highest BCUT2D eigenvalue weighted by Gasteiger charge is 2.32. The van der Waals surface area contributed by atoms with Crippen LogP contribution in [0.4, 0.5) is 0 Å². The SMILES string of the molecule is CCC(CC)n1nnc(CO)c1C1CC1. The second-order valence-corrected chi connectivity index (χ2v) is 4.27. The Bertz CT molecular complexity index is 327. The molecule has 15 heavy (non-hydrogen) atoms. The van der Waals surface area contributed by atoms with Gasteiger partial charge in [0.2, 0.25) is 0 Å². The van der Waals surface area contributed by atoms with Crippen molar-refractivity contribution >= 4 is 0 Å². The molecule has 0 unspecified atom stereocenters. The molecule has 1 fully saturated rings. The minimum Gasteiger partial charge on any atom is -0.390 e. The Morgan fingerprint density at radius 3 is 2.53 bits per heavy atom. The van der Waals surface area contributed by atoms with Crippen LogP contribution in [0.2, 0.25) is 0 Å². The van der Waals surface area contributed by atoms with Crippen molar-refractivity contribution in [3.8, 4) is 0 Å². The number of aliphatic hydroxyl groups excluding tert-OH is 1. The first-order valence-electron chi connectivity index (χ1n) is 5.86. The van der Waals surface area contributed by atoms with Crippen molar-refractivity contribution in [1.29, 1.82) is 0 Å². The Labute approximate surface area is 90.3 Å². The molecule has 1 heterocycles. The van der Waals surface area contributed by atoms with E-state index in [4.69, 9.17) is 0 Å². The van der Waals surface area contributed by atoms with Crippen molar-refractivity contribution in [2.75, 3.05) is 0 Å². The van der Waals surface area contributed by atoms with Gasteiger partial charge in [0, 0.05) is 5.92 Å². The third kappa shape index (κ3) is 1.91. The quantitative estimate of drug-likeness (QED) is 0.807. The summed E-state index contributed by atoms with van der Waals surface area (Å²) in [5.74, 6) is 0.600. The van der Waals surface area contributed by atoms with E-state index in [0.717, 1.165) is 18.5 Å². The fourth-order valence-corrected chi connectivity index (χ4v) is 2.13. The lowest BCUT2D eigenvalue weighted by Crippen LogP contribution is -2.12. The van der Waals surface area contributed by atoms with Gasteiger partial charge in [0.1, 0.15) is 5.69 Å². The Balaban J connectivity index is 2.32. The summed E-state index contributed by atoms with van der Waals surface area (Å²) in [6, 6.07) is 0.438. The summed E-state index contributed by atoms with van der Waals surface area (Å²) >= 11 is 0. The molecular weight excluding hydrogens is 190 g/mol. The number of hydrogen-bond acceptors (Lipinski definition) is 3. The lowest BCUT2D eigenvalue weighted by atomic mass is 10.1. The van der Waals surface area contributed by atoms with Crippen LogP contribution in [0.5, 0.6) is 0 Å². The Morgan fingerprint density at radius 1 is 1.40 bits per heavy atom. The molecule has 0 aliphatic heterocycles. The second kappa shape index (κ2) is 4.31. The van der Waals surface area contributed by atoms with Gasteiger partial charge in [-0.1, -0.05) is 19.1 Å². The van der Waals surface area contributed by atoms with E-state index in [9.17, 15) is 5.11 Å². The summed E-state index contributed by atoms with van der Waals surface area (Å²) in [4.78, 5) is 0. The molecule has 0 bridgehead atoms. The van der Waals surface area contributed by atoms with Gasteiger partial charge in [0.05, 0.1) is 18.3 Å². The summed E-state index contributed by atoms with van der Waals surface area (Å²) in [5.41, 5.74) is 1.97. The van der Waals surface area contributed by atoms with E-state index in [1.54, 1.807) is 0 Å². The minimum absolute atomic E-state index is 0.0198. The highest BCUT2D eigenvalue weighted by Crippen LogP contribution is 2.42. The van der Waals surface area contributed by atoms with E-state index in [2.05, 4.69) is 24.2 Å². The van der Waals surface area contributed by atoms with Crippen LogP contribution in [0, 0.1) is 0 Å². The summed E-state index contributed by atoms with van der Waals surface area (Å²) in [6.45, 7) is 4.36. The molecule has 0 saturated heterocycles. The summed E-state index contributed by atoms with van der Waals surface area (Å²) in [6.07, 6.45) is 4.59. The lowest BCUT2D eigenvalue weighted by Gasteiger charge is -2.15. The summed E-state index contributed by atoms with van der Waals surface area (Å²) in [5, 5.41) is 17.5. The number of aromatic nitrogens is 3. The zero-order valence-electron chi connectivity index (χ0n) is 9.48. The molecule has 1 aliphatic rings. The molecule has 1 N–H and O–H groups in total. The van der Waals surface area contributed by atoms with Crippen LogP contribution < -0.4 is 0 Å². The Morgan fingerprint density at radius 2 is 2.07 bits per heavy atom. The molecule has 0 radical (unpaired) electrons. The third-order valence-electron chi connectivity index (χ3n) is 3.21. The van der Waals surface area contributed by atoms with E-state index in [0.29, 0.717) is 12.0 Å². The molecule has 1 aromatic heterocycles. The predicted molar refractivity (Wildman–Crippen MR) is 57.5 cm³/mol. The summed E-state index contributed by atoms with van der Waals surface area (Å²) in [7, 11) is 0. The van der Waals surface area contributed by atoms with Crippen molar-refractivity contribution in [3.05, 3.63) is 11.4 Å². The van der Waals surface area contributed by atoms with Gasteiger partial charge >= 0.3 is 0 Å². The minimum atomic E-state index is 0.0198. The lowest BCUT2D eigenvalue weighted by molar-refractivity contribution is 0.275. The van der Waals surface area contributed by atoms with Crippen LogP contribution >= 0.6 is 0 Å². The van der Waals surface area contributed by atoms with E-state index in [1.165, 1.54) is 18.5 Å². The van der Waals surface area contributed by atoms with E-state index in [-0.39, 0.29) is 6.61 Å². The first-order chi connectivity index (χ1) is 7.31. The Kier molecular flexibility index (Phi) is 3.05. The predicted octanol–water partition coefficient (Wildman–Crippen LogP) is 2.01. The third-order valence-corrected chi connectivity index (χ3v) is 3.21. The van der Waals surface area contributed by atoms with Crippen LogP contribution in [-0.2, 0) is 6.61 Å². The maximum Gasteiger partial charge on any atom is 0.112 e. The fourth-order valence-electron chi connectivity index (χ4n) is 2.13. The molecule has 84 valence electrons. The number of hydrogen-bond donors (Lipinski definition) is 1. The smallest absolute Gasteiger partial charge is 0.112 e. The van der Waals surface area contributed by atoms with Gasteiger partial charge in [-0.15, -0.1) is 5.10 Å².